The Hall–Kier alpha value is -3.33. The van der Waals surface area contributed by atoms with Gasteiger partial charge >= 0.3 is 12.2 Å². The summed E-state index contributed by atoms with van der Waals surface area (Å²) < 4.78 is 17.9. The predicted molar refractivity (Wildman–Crippen MR) is 123 cm³/mol. The first-order valence-corrected chi connectivity index (χ1v) is 10.6. The maximum atomic E-state index is 13.4. The molecule has 0 atom stereocenters. The quantitative estimate of drug-likeness (QED) is 0.491. The molecule has 0 saturated carbocycles. The zero-order chi connectivity index (χ0) is 24.6. The van der Waals surface area contributed by atoms with Crippen LogP contribution in [-0.2, 0) is 16.1 Å². The molecule has 0 unspecified atom stereocenters. The fourth-order valence-corrected chi connectivity index (χ4v) is 3.10. The highest BCUT2D eigenvalue weighted by molar-refractivity contribution is 6.30. The number of fused-ring (bicyclic) bond motifs is 1. The Kier molecular flexibility index (Phi) is 6.56. The Morgan fingerprint density at radius 1 is 0.939 bits per heavy atom. The zero-order valence-electron chi connectivity index (χ0n) is 19.3. The van der Waals surface area contributed by atoms with E-state index in [4.69, 9.17) is 25.8 Å². The zero-order valence-corrected chi connectivity index (χ0v) is 20.1. The maximum Gasteiger partial charge on any atom is 0.437 e. The number of ether oxygens (including phenoxy) is 3. The normalized spacial score (nSPS) is 12.0. The van der Waals surface area contributed by atoms with Crippen molar-refractivity contribution < 1.29 is 23.8 Å². The van der Waals surface area contributed by atoms with Gasteiger partial charge in [0, 0.05) is 6.07 Å². The minimum atomic E-state index is -1.07. The van der Waals surface area contributed by atoms with E-state index < -0.39 is 28.9 Å². The lowest BCUT2D eigenvalue weighted by atomic mass is 10.2. The van der Waals surface area contributed by atoms with E-state index in [1.807, 2.05) is 30.3 Å². The van der Waals surface area contributed by atoms with Crippen LogP contribution in [-0.4, -0.2) is 37.7 Å². The molecule has 176 valence electrons. The van der Waals surface area contributed by atoms with Gasteiger partial charge in [-0.1, -0.05) is 41.9 Å². The highest BCUT2D eigenvalue weighted by atomic mass is 35.5. The van der Waals surface area contributed by atoms with Crippen LogP contribution < -0.4 is 10.3 Å². The van der Waals surface area contributed by atoms with Crippen molar-refractivity contribution in [1.82, 2.24) is 14.3 Å². The van der Waals surface area contributed by atoms with Crippen LogP contribution in [0.15, 0.2) is 41.2 Å². The topological polar surface area (TPSA) is 102 Å². The largest absolute Gasteiger partial charge is 0.488 e. The van der Waals surface area contributed by atoms with Crippen LogP contribution in [0.3, 0.4) is 0 Å². The lowest BCUT2D eigenvalue weighted by molar-refractivity contribution is 0.0369. The van der Waals surface area contributed by atoms with Crippen molar-refractivity contribution >= 4 is 34.8 Å². The fourth-order valence-electron chi connectivity index (χ4n) is 2.92. The standard InChI is InChI=1S/C23H26ClN3O6/c1-22(2,3)32-20(29)26-18-17(19(28)27(26)21(30)33-23(4,5)6)15(12-16(24)25-18)31-13-14-10-8-7-9-11-14/h7-12H,13H2,1-6H3. The lowest BCUT2D eigenvalue weighted by Crippen LogP contribution is -2.39. The smallest absolute Gasteiger partial charge is 0.437 e. The second-order valence-electron chi connectivity index (χ2n) is 9.31. The summed E-state index contributed by atoms with van der Waals surface area (Å²) in [6.07, 6.45) is -2.06. The van der Waals surface area contributed by atoms with Gasteiger partial charge in [-0.25, -0.2) is 14.6 Å². The summed E-state index contributed by atoms with van der Waals surface area (Å²) in [5, 5.41) is -0.142. The Bertz CT molecular complexity index is 1250. The Morgan fingerprint density at radius 3 is 2.03 bits per heavy atom. The van der Waals surface area contributed by atoms with Crippen molar-refractivity contribution in [2.75, 3.05) is 0 Å². The van der Waals surface area contributed by atoms with Gasteiger partial charge in [-0.15, -0.1) is 4.68 Å². The van der Waals surface area contributed by atoms with Crippen molar-refractivity contribution in [1.29, 1.82) is 0 Å². The number of hydrogen-bond donors (Lipinski definition) is 0. The van der Waals surface area contributed by atoms with Crippen LogP contribution in [0.2, 0.25) is 5.15 Å². The fraction of sp³-hybridized carbons (Fsp3) is 0.391. The highest BCUT2D eigenvalue weighted by Gasteiger charge is 2.32. The van der Waals surface area contributed by atoms with Gasteiger partial charge in [-0.2, -0.15) is 4.68 Å². The molecule has 1 aromatic carbocycles. The van der Waals surface area contributed by atoms with Gasteiger partial charge in [0.15, 0.2) is 5.65 Å². The first-order chi connectivity index (χ1) is 15.3. The lowest BCUT2D eigenvalue weighted by Gasteiger charge is -2.22. The summed E-state index contributed by atoms with van der Waals surface area (Å²) in [5.41, 5.74) is -2.03. The van der Waals surface area contributed by atoms with Crippen molar-refractivity contribution in [3.8, 4) is 5.75 Å². The number of aromatic nitrogens is 3. The molecule has 0 N–H and O–H groups in total. The molecule has 0 amide bonds. The molecule has 0 saturated heterocycles. The minimum absolute atomic E-state index is 0.0378. The number of pyridine rings is 1. The molecule has 10 heteroatoms. The van der Waals surface area contributed by atoms with Gasteiger partial charge < -0.3 is 14.2 Å². The Morgan fingerprint density at radius 2 is 1.48 bits per heavy atom. The molecule has 3 aromatic rings. The predicted octanol–water partition coefficient (Wildman–Crippen LogP) is 5.00. The first kappa shape index (κ1) is 24.3. The van der Waals surface area contributed by atoms with E-state index in [-0.39, 0.29) is 28.5 Å². The first-order valence-electron chi connectivity index (χ1n) is 10.2. The number of nitrogens with zero attached hydrogens (tertiary/aromatic N) is 3. The number of carbonyl (C=O) groups is 2. The van der Waals surface area contributed by atoms with E-state index in [1.165, 1.54) is 6.07 Å². The average Bonchev–Trinajstić information content (AvgIpc) is 2.97. The van der Waals surface area contributed by atoms with Crippen LogP contribution in [0.5, 0.6) is 5.75 Å². The monoisotopic (exact) mass is 475 g/mol. The molecule has 0 radical (unpaired) electrons. The number of benzene rings is 1. The third-order valence-corrected chi connectivity index (χ3v) is 4.30. The van der Waals surface area contributed by atoms with Crippen molar-refractivity contribution in [3.05, 3.63) is 57.5 Å². The van der Waals surface area contributed by atoms with Crippen LogP contribution in [0, 0.1) is 0 Å². The Balaban J connectivity index is 2.21. The second-order valence-corrected chi connectivity index (χ2v) is 9.69. The van der Waals surface area contributed by atoms with Gasteiger partial charge in [0.2, 0.25) is 0 Å². The summed E-state index contributed by atoms with van der Waals surface area (Å²) in [7, 11) is 0. The Labute approximate surface area is 195 Å². The van der Waals surface area contributed by atoms with Gasteiger partial charge in [-0.3, -0.25) is 4.79 Å². The third kappa shape index (κ3) is 5.73. The molecule has 0 aliphatic carbocycles. The van der Waals surface area contributed by atoms with Crippen molar-refractivity contribution in [2.45, 2.75) is 59.4 Å². The van der Waals surface area contributed by atoms with Crippen LogP contribution in [0.4, 0.5) is 9.59 Å². The molecule has 3 rings (SSSR count). The number of hydrogen-bond acceptors (Lipinski definition) is 7. The van der Waals surface area contributed by atoms with E-state index in [2.05, 4.69) is 4.98 Å². The molecular formula is C23H26ClN3O6. The van der Waals surface area contributed by atoms with Gasteiger partial charge in [0.25, 0.3) is 5.56 Å². The molecule has 0 fully saturated rings. The number of halogens is 1. The highest BCUT2D eigenvalue weighted by Crippen LogP contribution is 2.27. The van der Waals surface area contributed by atoms with Crippen LogP contribution in [0.1, 0.15) is 47.1 Å². The molecule has 2 aromatic heterocycles. The van der Waals surface area contributed by atoms with Crippen LogP contribution >= 0.6 is 11.6 Å². The maximum absolute atomic E-state index is 13.4. The summed E-state index contributed by atoms with van der Waals surface area (Å²) in [6, 6.07) is 10.6. The molecular weight excluding hydrogens is 450 g/mol. The molecule has 2 heterocycles. The van der Waals surface area contributed by atoms with E-state index >= 15 is 0 Å². The van der Waals surface area contributed by atoms with E-state index in [9.17, 15) is 14.4 Å². The average molecular weight is 476 g/mol. The van der Waals surface area contributed by atoms with Gasteiger partial charge in [0.1, 0.15) is 34.1 Å². The molecule has 0 spiro atoms. The van der Waals surface area contributed by atoms with Crippen LogP contribution in [0.25, 0.3) is 11.0 Å². The van der Waals surface area contributed by atoms with Crippen molar-refractivity contribution in [2.24, 2.45) is 0 Å². The second kappa shape index (κ2) is 8.90. The van der Waals surface area contributed by atoms with Crippen molar-refractivity contribution in [3.63, 3.8) is 0 Å². The summed E-state index contributed by atoms with van der Waals surface area (Å²) in [5.74, 6) is 0.0680. The van der Waals surface area contributed by atoms with Gasteiger partial charge in [-0.05, 0) is 47.1 Å². The van der Waals surface area contributed by atoms with E-state index in [1.54, 1.807) is 41.5 Å². The molecule has 9 nitrogen and oxygen atoms in total. The molecule has 33 heavy (non-hydrogen) atoms. The molecule has 0 aliphatic heterocycles. The van der Waals surface area contributed by atoms with Gasteiger partial charge in [0.05, 0.1) is 0 Å². The molecule has 0 bridgehead atoms. The minimum Gasteiger partial charge on any atom is -0.488 e. The summed E-state index contributed by atoms with van der Waals surface area (Å²) in [4.78, 5) is 43.4. The molecule has 0 aliphatic rings. The third-order valence-electron chi connectivity index (χ3n) is 4.11. The number of rotatable bonds is 3. The SMILES string of the molecule is CC(C)(C)OC(=O)n1c(=O)c2c(OCc3ccccc3)cc(Cl)nc2n1C(=O)OC(C)(C)C. The summed E-state index contributed by atoms with van der Waals surface area (Å²) in [6.45, 7) is 10.0. The summed E-state index contributed by atoms with van der Waals surface area (Å²) >= 11 is 6.18. The van der Waals surface area contributed by atoms with E-state index in [0.29, 0.717) is 4.68 Å². The number of carbonyl (C=O) groups excluding carboxylic acids is 2. The van der Waals surface area contributed by atoms with E-state index in [0.717, 1.165) is 10.2 Å².